The quantitative estimate of drug-likeness (QED) is 0.670. The maximum atomic E-state index is 11.9. The van der Waals surface area contributed by atoms with Crippen LogP contribution in [0.5, 0.6) is 0 Å². The minimum Gasteiger partial charge on any atom is -0.377 e. The average Bonchev–Trinajstić information content (AvgIpc) is 2.62. The number of rotatable bonds is 4. The first kappa shape index (κ1) is 10.7. The molecule has 76 valence electrons. The molecule has 0 aromatic heterocycles. The topological polar surface area (TPSA) is 26.3 Å². The van der Waals surface area contributed by atoms with Crippen LogP contribution in [0.3, 0.4) is 0 Å². The van der Waals surface area contributed by atoms with Crippen LogP contribution in [0.25, 0.3) is 0 Å². The molecule has 0 spiro atoms. The Morgan fingerprint density at radius 2 is 2.23 bits per heavy atom. The van der Waals surface area contributed by atoms with Crippen LogP contribution in [0, 0.1) is 11.8 Å². The molecule has 1 heterocycles. The van der Waals surface area contributed by atoms with Gasteiger partial charge in [-0.2, -0.15) is 0 Å². The van der Waals surface area contributed by atoms with E-state index in [0.29, 0.717) is 5.78 Å². The summed E-state index contributed by atoms with van der Waals surface area (Å²) in [5.41, 5.74) is 0. The highest BCUT2D eigenvalue weighted by molar-refractivity contribution is 5.83. The third-order valence-corrected chi connectivity index (χ3v) is 3.08. The van der Waals surface area contributed by atoms with Crippen molar-refractivity contribution in [3.8, 4) is 0 Å². The molecule has 3 unspecified atom stereocenters. The van der Waals surface area contributed by atoms with Crippen LogP contribution in [0.2, 0.25) is 0 Å². The molecule has 0 saturated carbocycles. The molecule has 1 saturated heterocycles. The van der Waals surface area contributed by atoms with E-state index in [2.05, 4.69) is 13.8 Å². The van der Waals surface area contributed by atoms with Crippen LogP contribution in [0.4, 0.5) is 0 Å². The summed E-state index contributed by atoms with van der Waals surface area (Å²) in [6.45, 7) is 6.95. The molecule has 0 N–H and O–H groups in total. The Balaban J connectivity index is 2.54. The van der Waals surface area contributed by atoms with Gasteiger partial charge >= 0.3 is 0 Å². The number of carbonyl (C=O) groups is 1. The molecule has 2 heteroatoms. The maximum Gasteiger partial charge on any atom is 0.141 e. The molecule has 1 aliphatic rings. The Bertz CT molecular complexity index is 177. The molecule has 0 aromatic rings. The Labute approximate surface area is 80.7 Å². The monoisotopic (exact) mass is 184 g/mol. The third-order valence-electron chi connectivity index (χ3n) is 3.08. The first-order chi connectivity index (χ1) is 6.20. The molecule has 0 radical (unpaired) electrons. The number of ether oxygens (including phenoxy) is 1. The predicted molar refractivity (Wildman–Crippen MR) is 52.6 cm³/mol. The molecule has 0 amide bonds. The van der Waals surface area contributed by atoms with E-state index in [4.69, 9.17) is 4.74 Å². The summed E-state index contributed by atoms with van der Waals surface area (Å²) in [4.78, 5) is 11.9. The SMILES string of the molecule is CCC(C)C(=O)C1CCOC1CC. The highest BCUT2D eigenvalue weighted by Crippen LogP contribution is 2.27. The van der Waals surface area contributed by atoms with Gasteiger partial charge in [0.2, 0.25) is 0 Å². The van der Waals surface area contributed by atoms with E-state index < -0.39 is 0 Å². The van der Waals surface area contributed by atoms with Gasteiger partial charge in [-0.05, 0) is 19.3 Å². The van der Waals surface area contributed by atoms with Crippen LogP contribution >= 0.6 is 0 Å². The summed E-state index contributed by atoms with van der Waals surface area (Å²) < 4.78 is 5.51. The summed E-state index contributed by atoms with van der Waals surface area (Å²) in [6, 6.07) is 0. The zero-order valence-corrected chi connectivity index (χ0v) is 8.88. The fourth-order valence-corrected chi connectivity index (χ4v) is 1.94. The molecule has 0 aliphatic carbocycles. The van der Waals surface area contributed by atoms with E-state index in [1.54, 1.807) is 0 Å². The maximum absolute atomic E-state index is 11.9. The van der Waals surface area contributed by atoms with E-state index in [1.807, 2.05) is 6.92 Å². The highest BCUT2D eigenvalue weighted by Gasteiger charge is 2.34. The van der Waals surface area contributed by atoms with Crippen molar-refractivity contribution in [3.63, 3.8) is 0 Å². The van der Waals surface area contributed by atoms with Gasteiger partial charge in [0.25, 0.3) is 0 Å². The van der Waals surface area contributed by atoms with Crippen molar-refractivity contribution in [2.45, 2.75) is 46.1 Å². The van der Waals surface area contributed by atoms with Gasteiger partial charge in [0.1, 0.15) is 5.78 Å². The van der Waals surface area contributed by atoms with Crippen LogP contribution < -0.4 is 0 Å². The first-order valence-corrected chi connectivity index (χ1v) is 5.36. The summed E-state index contributed by atoms with van der Waals surface area (Å²) in [6.07, 6.45) is 3.04. The molecule has 1 fully saturated rings. The summed E-state index contributed by atoms with van der Waals surface area (Å²) in [7, 11) is 0. The standard InChI is InChI=1S/C11H20O2/c1-4-8(3)11(12)9-6-7-13-10(9)5-2/h8-10H,4-7H2,1-3H3. The third kappa shape index (κ3) is 2.31. The zero-order chi connectivity index (χ0) is 9.84. The minimum absolute atomic E-state index is 0.181. The van der Waals surface area contributed by atoms with Gasteiger partial charge in [-0.25, -0.2) is 0 Å². The van der Waals surface area contributed by atoms with Crippen molar-refractivity contribution in [1.29, 1.82) is 0 Å². The number of ketones is 1. The Morgan fingerprint density at radius 1 is 1.54 bits per heavy atom. The molecule has 2 nitrogen and oxygen atoms in total. The molecule has 3 atom stereocenters. The first-order valence-electron chi connectivity index (χ1n) is 5.36. The summed E-state index contributed by atoms with van der Waals surface area (Å²) >= 11 is 0. The van der Waals surface area contributed by atoms with Gasteiger partial charge < -0.3 is 4.74 Å². The van der Waals surface area contributed by atoms with Gasteiger partial charge in [-0.3, -0.25) is 4.79 Å². The highest BCUT2D eigenvalue weighted by atomic mass is 16.5. The lowest BCUT2D eigenvalue weighted by Gasteiger charge is -2.18. The number of hydrogen-bond acceptors (Lipinski definition) is 2. The fourth-order valence-electron chi connectivity index (χ4n) is 1.94. The van der Waals surface area contributed by atoms with Crippen molar-refractivity contribution < 1.29 is 9.53 Å². The Morgan fingerprint density at radius 3 is 2.77 bits per heavy atom. The van der Waals surface area contributed by atoms with E-state index in [-0.39, 0.29) is 17.9 Å². The normalized spacial score (nSPS) is 30.4. The summed E-state index contributed by atoms with van der Waals surface area (Å²) in [5.74, 6) is 0.799. The number of carbonyl (C=O) groups excluding carboxylic acids is 1. The molecule has 0 aromatic carbocycles. The molecule has 1 rings (SSSR count). The second-order valence-electron chi connectivity index (χ2n) is 3.92. The van der Waals surface area contributed by atoms with Crippen LogP contribution in [-0.2, 0) is 9.53 Å². The van der Waals surface area contributed by atoms with Gasteiger partial charge in [0, 0.05) is 18.4 Å². The van der Waals surface area contributed by atoms with E-state index in [0.717, 1.165) is 25.9 Å². The van der Waals surface area contributed by atoms with Crippen molar-refractivity contribution >= 4 is 5.78 Å². The van der Waals surface area contributed by atoms with Crippen molar-refractivity contribution in [2.75, 3.05) is 6.61 Å². The van der Waals surface area contributed by atoms with Gasteiger partial charge in [0.15, 0.2) is 0 Å². The smallest absolute Gasteiger partial charge is 0.141 e. The van der Waals surface area contributed by atoms with Gasteiger partial charge in [-0.15, -0.1) is 0 Å². The van der Waals surface area contributed by atoms with Crippen LogP contribution in [-0.4, -0.2) is 18.5 Å². The molecular formula is C11H20O2. The van der Waals surface area contributed by atoms with Crippen molar-refractivity contribution in [1.82, 2.24) is 0 Å². The lowest BCUT2D eigenvalue weighted by molar-refractivity contribution is -0.128. The van der Waals surface area contributed by atoms with E-state index in [9.17, 15) is 4.79 Å². The van der Waals surface area contributed by atoms with Crippen molar-refractivity contribution in [2.24, 2.45) is 11.8 Å². The zero-order valence-electron chi connectivity index (χ0n) is 8.88. The van der Waals surface area contributed by atoms with Crippen LogP contribution in [0.15, 0.2) is 0 Å². The largest absolute Gasteiger partial charge is 0.377 e. The Kier molecular flexibility index (Phi) is 3.91. The number of Topliss-reactive ketones (excluding diaryl/α,β-unsaturated/α-hetero) is 1. The molecule has 0 bridgehead atoms. The number of hydrogen-bond donors (Lipinski definition) is 0. The molecule has 13 heavy (non-hydrogen) atoms. The second-order valence-corrected chi connectivity index (χ2v) is 3.92. The predicted octanol–water partition coefficient (Wildman–Crippen LogP) is 2.42. The van der Waals surface area contributed by atoms with E-state index >= 15 is 0 Å². The average molecular weight is 184 g/mol. The van der Waals surface area contributed by atoms with Gasteiger partial charge in [0.05, 0.1) is 6.10 Å². The second kappa shape index (κ2) is 4.75. The van der Waals surface area contributed by atoms with Crippen LogP contribution in [0.1, 0.15) is 40.0 Å². The molecular weight excluding hydrogens is 164 g/mol. The van der Waals surface area contributed by atoms with Gasteiger partial charge in [-0.1, -0.05) is 20.8 Å². The fraction of sp³-hybridized carbons (Fsp3) is 0.909. The molecule has 1 aliphatic heterocycles. The van der Waals surface area contributed by atoms with Crippen molar-refractivity contribution in [3.05, 3.63) is 0 Å². The Hall–Kier alpha value is -0.370. The lowest BCUT2D eigenvalue weighted by Crippen LogP contribution is -2.28. The van der Waals surface area contributed by atoms with E-state index in [1.165, 1.54) is 0 Å². The summed E-state index contributed by atoms with van der Waals surface area (Å²) in [5, 5.41) is 0. The lowest BCUT2D eigenvalue weighted by atomic mass is 9.87. The minimum atomic E-state index is 0.181.